The average molecular weight is 408 g/mol. The van der Waals surface area contributed by atoms with E-state index in [1.54, 1.807) is 29.2 Å². The number of nitrogens with zero attached hydrogens (tertiary/aromatic N) is 4. The number of benzene rings is 1. The van der Waals surface area contributed by atoms with E-state index in [1.807, 2.05) is 13.0 Å². The van der Waals surface area contributed by atoms with Gasteiger partial charge in [-0.3, -0.25) is 4.79 Å². The van der Waals surface area contributed by atoms with E-state index in [0.717, 1.165) is 34.9 Å². The van der Waals surface area contributed by atoms with E-state index >= 15 is 0 Å². The Hall–Kier alpha value is -3.22. The molecule has 1 amide bonds. The summed E-state index contributed by atoms with van der Waals surface area (Å²) in [6, 6.07) is 10.1. The molecule has 0 unspecified atom stereocenters. The van der Waals surface area contributed by atoms with Crippen molar-refractivity contribution in [2.45, 2.75) is 26.7 Å². The largest absolute Gasteiger partial charge is 0.459 e. The highest BCUT2D eigenvalue weighted by Crippen LogP contribution is 2.26. The molecule has 0 radical (unpaired) electrons. The number of halogens is 1. The van der Waals surface area contributed by atoms with E-state index < -0.39 is 0 Å². The second-order valence-electron chi connectivity index (χ2n) is 7.44. The van der Waals surface area contributed by atoms with Crippen LogP contribution in [0.3, 0.4) is 0 Å². The van der Waals surface area contributed by atoms with Crippen LogP contribution >= 0.6 is 0 Å². The highest BCUT2D eigenvalue weighted by molar-refractivity contribution is 5.91. The van der Waals surface area contributed by atoms with Crippen LogP contribution in [0, 0.1) is 12.7 Å². The van der Waals surface area contributed by atoms with Crippen LogP contribution in [0.2, 0.25) is 0 Å². The molecule has 1 aliphatic rings. The van der Waals surface area contributed by atoms with Crippen molar-refractivity contribution in [2.24, 2.45) is 0 Å². The molecule has 3 heterocycles. The number of hydrogen-bond donors (Lipinski definition) is 0. The van der Waals surface area contributed by atoms with Crippen LogP contribution in [0.25, 0.3) is 0 Å². The Kier molecular flexibility index (Phi) is 5.79. The summed E-state index contributed by atoms with van der Waals surface area (Å²) in [7, 11) is 0. The molecular formula is C23H25FN4O2. The van der Waals surface area contributed by atoms with Crippen LogP contribution in [-0.2, 0) is 12.8 Å². The molecule has 156 valence electrons. The number of furan rings is 1. The molecule has 0 atom stereocenters. The number of aromatic nitrogens is 2. The molecular weight excluding hydrogens is 383 g/mol. The monoisotopic (exact) mass is 408 g/mol. The predicted molar refractivity (Wildman–Crippen MR) is 112 cm³/mol. The van der Waals surface area contributed by atoms with Gasteiger partial charge in [0.25, 0.3) is 5.91 Å². The van der Waals surface area contributed by atoms with E-state index in [-0.39, 0.29) is 11.7 Å². The van der Waals surface area contributed by atoms with Gasteiger partial charge in [0.2, 0.25) is 0 Å². The normalized spacial score (nSPS) is 14.2. The molecule has 1 aliphatic heterocycles. The van der Waals surface area contributed by atoms with E-state index in [9.17, 15) is 9.18 Å². The van der Waals surface area contributed by atoms with Crippen molar-refractivity contribution in [1.82, 2.24) is 14.9 Å². The lowest BCUT2D eigenvalue weighted by atomic mass is 10.0. The molecule has 1 fully saturated rings. The zero-order chi connectivity index (χ0) is 21.1. The Morgan fingerprint density at radius 2 is 1.93 bits per heavy atom. The van der Waals surface area contributed by atoms with Crippen molar-refractivity contribution in [3.05, 3.63) is 76.9 Å². The first-order valence-electron chi connectivity index (χ1n) is 10.2. The van der Waals surface area contributed by atoms with Crippen LogP contribution in [0.15, 0.2) is 47.1 Å². The Morgan fingerprint density at radius 3 is 2.60 bits per heavy atom. The van der Waals surface area contributed by atoms with Gasteiger partial charge in [0.1, 0.15) is 17.5 Å². The maximum atomic E-state index is 13.7. The third-order valence-corrected chi connectivity index (χ3v) is 5.39. The van der Waals surface area contributed by atoms with Crippen molar-refractivity contribution in [3.8, 4) is 0 Å². The highest BCUT2D eigenvalue weighted by atomic mass is 19.1. The minimum Gasteiger partial charge on any atom is -0.459 e. The number of amides is 1. The number of carbonyl (C=O) groups is 1. The molecule has 30 heavy (non-hydrogen) atoms. The summed E-state index contributed by atoms with van der Waals surface area (Å²) in [5.41, 5.74) is 2.90. The van der Waals surface area contributed by atoms with Crippen molar-refractivity contribution in [2.75, 3.05) is 31.1 Å². The third kappa shape index (κ3) is 4.20. The van der Waals surface area contributed by atoms with Crippen LogP contribution in [0.5, 0.6) is 0 Å². The van der Waals surface area contributed by atoms with Gasteiger partial charge in [-0.25, -0.2) is 14.4 Å². The van der Waals surface area contributed by atoms with Gasteiger partial charge in [0, 0.05) is 43.9 Å². The standard InChI is InChI=1S/C23H25FN4O2/c1-3-20-19(15-17-6-4-7-18(24)14-17)22(26-16(2)25-20)27-9-11-28(12-10-27)23(29)21-8-5-13-30-21/h4-8,13-14H,3,9-12,15H2,1-2H3. The minimum atomic E-state index is -0.245. The van der Waals surface area contributed by atoms with E-state index in [0.29, 0.717) is 38.4 Å². The lowest BCUT2D eigenvalue weighted by molar-refractivity contribution is 0.0714. The molecule has 1 aromatic carbocycles. The molecule has 3 aromatic rings. The van der Waals surface area contributed by atoms with Gasteiger partial charge in [-0.1, -0.05) is 19.1 Å². The topological polar surface area (TPSA) is 62.5 Å². The molecule has 1 saturated heterocycles. The zero-order valence-corrected chi connectivity index (χ0v) is 17.3. The van der Waals surface area contributed by atoms with Crippen LogP contribution in [0.4, 0.5) is 10.2 Å². The fourth-order valence-electron chi connectivity index (χ4n) is 3.90. The van der Waals surface area contributed by atoms with E-state index in [1.165, 1.54) is 12.3 Å². The molecule has 0 aliphatic carbocycles. The Labute approximate surface area is 175 Å². The maximum Gasteiger partial charge on any atom is 0.289 e. The summed E-state index contributed by atoms with van der Waals surface area (Å²) in [5, 5.41) is 0. The summed E-state index contributed by atoms with van der Waals surface area (Å²) in [6.45, 7) is 6.48. The number of piperazine rings is 1. The maximum absolute atomic E-state index is 13.7. The number of carbonyl (C=O) groups excluding carboxylic acids is 1. The number of anilines is 1. The van der Waals surface area contributed by atoms with Crippen LogP contribution < -0.4 is 4.90 Å². The smallest absolute Gasteiger partial charge is 0.289 e. The minimum absolute atomic E-state index is 0.0900. The SMILES string of the molecule is CCc1nc(C)nc(N2CCN(C(=O)c3ccco3)CC2)c1Cc1cccc(F)c1. The number of rotatable bonds is 5. The second-order valence-corrected chi connectivity index (χ2v) is 7.44. The lowest BCUT2D eigenvalue weighted by Crippen LogP contribution is -2.49. The first kappa shape index (κ1) is 20.1. The first-order valence-corrected chi connectivity index (χ1v) is 10.2. The summed E-state index contributed by atoms with van der Waals surface area (Å²) in [6.07, 6.45) is 2.86. The molecule has 7 heteroatoms. The fraction of sp³-hybridized carbons (Fsp3) is 0.348. The molecule has 0 spiro atoms. The quantitative estimate of drug-likeness (QED) is 0.645. The van der Waals surface area contributed by atoms with E-state index in [2.05, 4.69) is 16.8 Å². The predicted octanol–water partition coefficient (Wildman–Crippen LogP) is 3.63. The van der Waals surface area contributed by atoms with Gasteiger partial charge in [-0.2, -0.15) is 0 Å². The summed E-state index contributed by atoms with van der Waals surface area (Å²) in [4.78, 5) is 25.9. The summed E-state index contributed by atoms with van der Waals surface area (Å²) < 4.78 is 19.0. The molecule has 0 N–H and O–H groups in total. The van der Waals surface area contributed by atoms with Crippen molar-refractivity contribution >= 4 is 11.7 Å². The van der Waals surface area contributed by atoms with Gasteiger partial charge >= 0.3 is 0 Å². The number of aryl methyl sites for hydroxylation is 2. The zero-order valence-electron chi connectivity index (χ0n) is 17.3. The van der Waals surface area contributed by atoms with Crippen LogP contribution in [0.1, 0.15) is 40.1 Å². The molecule has 0 bridgehead atoms. The first-order chi connectivity index (χ1) is 14.5. The highest BCUT2D eigenvalue weighted by Gasteiger charge is 2.26. The van der Waals surface area contributed by atoms with Gasteiger partial charge in [-0.15, -0.1) is 0 Å². The van der Waals surface area contributed by atoms with Gasteiger partial charge in [0.15, 0.2) is 5.76 Å². The lowest BCUT2D eigenvalue weighted by Gasteiger charge is -2.36. The van der Waals surface area contributed by atoms with Gasteiger partial charge in [0.05, 0.1) is 6.26 Å². The molecule has 2 aromatic heterocycles. The second kappa shape index (κ2) is 8.65. The Morgan fingerprint density at radius 1 is 1.13 bits per heavy atom. The Balaban J connectivity index is 1.58. The summed E-state index contributed by atoms with van der Waals surface area (Å²) >= 11 is 0. The van der Waals surface area contributed by atoms with Gasteiger partial charge < -0.3 is 14.2 Å². The van der Waals surface area contributed by atoms with Crippen LogP contribution in [-0.4, -0.2) is 47.0 Å². The summed E-state index contributed by atoms with van der Waals surface area (Å²) in [5.74, 6) is 1.63. The molecule has 6 nitrogen and oxygen atoms in total. The van der Waals surface area contributed by atoms with Crippen molar-refractivity contribution in [1.29, 1.82) is 0 Å². The Bertz CT molecular complexity index is 1030. The van der Waals surface area contributed by atoms with Gasteiger partial charge in [-0.05, 0) is 43.2 Å². The van der Waals surface area contributed by atoms with Crippen molar-refractivity contribution < 1.29 is 13.6 Å². The molecule has 0 saturated carbocycles. The van der Waals surface area contributed by atoms with E-state index in [4.69, 9.17) is 9.40 Å². The average Bonchev–Trinajstić information content (AvgIpc) is 3.29. The third-order valence-electron chi connectivity index (χ3n) is 5.39. The molecule has 4 rings (SSSR count). The fourth-order valence-corrected chi connectivity index (χ4v) is 3.90. The number of hydrogen-bond acceptors (Lipinski definition) is 5. The van der Waals surface area contributed by atoms with Crippen molar-refractivity contribution in [3.63, 3.8) is 0 Å².